The highest BCUT2D eigenvalue weighted by Crippen LogP contribution is 2.19. The van der Waals surface area contributed by atoms with Crippen LogP contribution in [0.2, 0.25) is 0 Å². The summed E-state index contributed by atoms with van der Waals surface area (Å²) < 4.78 is 11.0. The number of nitrogens with one attached hydrogen (secondary N) is 1. The van der Waals surface area contributed by atoms with Gasteiger partial charge >= 0.3 is 6.01 Å². The summed E-state index contributed by atoms with van der Waals surface area (Å²) in [5, 5.41) is 11.3. The third-order valence-electron chi connectivity index (χ3n) is 3.94. The number of benzene rings is 1. The van der Waals surface area contributed by atoms with Gasteiger partial charge in [-0.15, -0.1) is 17.5 Å². The standard InChI is InChI=1S/C16H22N4O2.ClH/c17-14(10-12-4-2-1-3-5-12)15-19-20-16(22-15)18-11-13-6-8-21-9-7-13;/h1-5,13-14H,6-11,17H2,(H,18,20);1H/t14-;/m1./s1. The highest BCUT2D eigenvalue weighted by Gasteiger charge is 2.17. The number of hydrogen-bond acceptors (Lipinski definition) is 6. The number of hydrogen-bond donors (Lipinski definition) is 2. The van der Waals surface area contributed by atoms with Crippen LogP contribution in [0.4, 0.5) is 6.01 Å². The molecule has 126 valence electrons. The van der Waals surface area contributed by atoms with Crippen LogP contribution in [0.5, 0.6) is 0 Å². The molecule has 2 heterocycles. The van der Waals surface area contributed by atoms with Gasteiger partial charge in [-0.2, -0.15) is 0 Å². The summed E-state index contributed by atoms with van der Waals surface area (Å²) in [7, 11) is 0. The fourth-order valence-electron chi connectivity index (χ4n) is 2.59. The Morgan fingerprint density at radius 3 is 2.65 bits per heavy atom. The van der Waals surface area contributed by atoms with E-state index < -0.39 is 0 Å². The van der Waals surface area contributed by atoms with Crippen LogP contribution in [0.25, 0.3) is 0 Å². The van der Waals surface area contributed by atoms with Crippen molar-refractivity contribution in [2.24, 2.45) is 11.7 Å². The molecule has 2 aromatic rings. The molecule has 23 heavy (non-hydrogen) atoms. The Balaban J connectivity index is 0.00000192. The number of halogens is 1. The van der Waals surface area contributed by atoms with Crippen LogP contribution >= 0.6 is 12.4 Å². The van der Waals surface area contributed by atoms with Gasteiger partial charge in [-0.05, 0) is 30.7 Å². The Hall–Kier alpha value is -1.63. The molecule has 1 aromatic heterocycles. The van der Waals surface area contributed by atoms with Gasteiger partial charge < -0.3 is 20.2 Å². The van der Waals surface area contributed by atoms with E-state index >= 15 is 0 Å². The van der Waals surface area contributed by atoms with Crippen LogP contribution in [0.3, 0.4) is 0 Å². The van der Waals surface area contributed by atoms with Crippen molar-refractivity contribution in [2.45, 2.75) is 25.3 Å². The average Bonchev–Trinajstić information content (AvgIpc) is 3.04. The largest absolute Gasteiger partial charge is 0.406 e. The normalized spacial score (nSPS) is 16.6. The van der Waals surface area contributed by atoms with Crippen molar-refractivity contribution in [1.82, 2.24) is 10.2 Å². The van der Waals surface area contributed by atoms with Gasteiger partial charge in [0.15, 0.2) is 0 Å². The maximum atomic E-state index is 6.14. The topological polar surface area (TPSA) is 86.2 Å². The summed E-state index contributed by atoms with van der Waals surface area (Å²) in [5.74, 6) is 1.07. The van der Waals surface area contributed by atoms with E-state index in [-0.39, 0.29) is 18.4 Å². The smallest absolute Gasteiger partial charge is 0.315 e. The van der Waals surface area contributed by atoms with Crippen molar-refractivity contribution in [3.63, 3.8) is 0 Å². The lowest BCUT2D eigenvalue weighted by molar-refractivity contribution is 0.0698. The van der Waals surface area contributed by atoms with Crippen molar-refractivity contribution in [3.05, 3.63) is 41.8 Å². The molecule has 0 radical (unpaired) electrons. The summed E-state index contributed by atoms with van der Waals surface area (Å²) in [6, 6.07) is 10.2. The quantitative estimate of drug-likeness (QED) is 0.841. The van der Waals surface area contributed by atoms with Gasteiger partial charge in [0.25, 0.3) is 0 Å². The van der Waals surface area contributed by atoms with Gasteiger partial charge in [0.1, 0.15) is 0 Å². The number of aromatic nitrogens is 2. The zero-order valence-corrected chi connectivity index (χ0v) is 13.8. The van der Waals surface area contributed by atoms with Gasteiger partial charge in [-0.3, -0.25) is 0 Å². The molecule has 1 fully saturated rings. The molecular weight excluding hydrogens is 316 g/mol. The molecule has 0 spiro atoms. The molecular formula is C16H23ClN4O2. The Bertz CT molecular complexity index is 572. The first-order chi connectivity index (χ1) is 10.8. The molecule has 7 heteroatoms. The summed E-state index contributed by atoms with van der Waals surface area (Å²) in [4.78, 5) is 0. The van der Waals surface area contributed by atoms with Crippen molar-refractivity contribution >= 4 is 18.4 Å². The number of ether oxygens (including phenoxy) is 1. The van der Waals surface area contributed by atoms with Crippen molar-refractivity contribution in [2.75, 3.05) is 25.1 Å². The summed E-state index contributed by atoms with van der Waals surface area (Å²) in [5.41, 5.74) is 7.30. The SMILES string of the molecule is Cl.N[C@H](Cc1ccccc1)c1nnc(NCC2CCOCC2)o1. The Kier molecular flexibility index (Phi) is 6.83. The molecule has 1 atom stereocenters. The molecule has 1 aliphatic heterocycles. The van der Waals surface area contributed by atoms with Gasteiger partial charge in [0, 0.05) is 19.8 Å². The lowest BCUT2D eigenvalue weighted by atomic mass is 10.0. The monoisotopic (exact) mass is 338 g/mol. The zero-order chi connectivity index (χ0) is 15.2. The van der Waals surface area contributed by atoms with E-state index in [1.807, 2.05) is 30.3 Å². The molecule has 3 N–H and O–H groups in total. The summed E-state index contributed by atoms with van der Waals surface area (Å²) in [6.07, 6.45) is 2.82. The van der Waals surface area contributed by atoms with E-state index in [0.29, 0.717) is 24.2 Å². The van der Waals surface area contributed by atoms with Crippen molar-refractivity contribution in [3.8, 4) is 0 Å². The number of nitrogens with zero attached hydrogens (tertiary/aromatic N) is 2. The first-order valence-corrected chi connectivity index (χ1v) is 7.76. The number of nitrogens with two attached hydrogens (primary N) is 1. The lowest BCUT2D eigenvalue weighted by Crippen LogP contribution is -2.22. The molecule has 1 aromatic carbocycles. The molecule has 6 nitrogen and oxygen atoms in total. The predicted octanol–water partition coefficient (Wildman–Crippen LogP) is 2.57. The van der Waals surface area contributed by atoms with E-state index in [0.717, 1.165) is 38.2 Å². The Morgan fingerprint density at radius 2 is 1.91 bits per heavy atom. The average molecular weight is 339 g/mol. The van der Waals surface area contributed by atoms with Crippen LogP contribution in [0, 0.1) is 5.92 Å². The fraction of sp³-hybridized carbons (Fsp3) is 0.500. The lowest BCUT2D eigenvalue weighted by Gasteiger charge is -2.21. The number of anilines is 1. The minimum absolute atomic E-state index is 0. The van der Waals surface area contributed by atoms with Crippen LogP contribution in [-0.4, -0.2) is 30.0 Å². The minimum Gasteiger partial charge on any atom is -0.406 e. The molecule has 0 saturated carbocycles. The third-order valence-corrected chi connectivity index (χ3v) is 3.94. The van der Waals surface area contributed by atoms with Crippen LogP contribution in [-0.2, 0) is 11.2 Å². The van der Waals surface area contributed by atoms with Crippen molar-refractivity contribution < 1.29 is 9.15 Å². The van der Waals surface area contributed by atoms with E-state index in [9.17, 15) is 0 Å². The molecule has 0 aliphatic carbocycles. The number of rotatable bonds is 6. The van der Waals surface area contributed by atoms with Crippen LogP contribution < -0.4 is 11.1 Å². The second-order valence-electron chi connectivity index (χ2n) is 5.68. The molecule has 0 amide bonds. The van der Waals surface area contributed by atoms with Crippen LogP contribution in [0.15, 0.2) is 34.7 Å². The van der Waals surface area contributed by atoms with Crippen molar-refractivity contribution in [1.29, 1.82) is 0 Å². The van der Waals surface area contributed by atoms with E-state index in [2.05, 4.69) is 15.5 Å². The summed E-state index contributed by atoms with van der Waals surface area (Å²) in [6.45, 7) is 2.51. The van der Waals surface area contributed by atoms with Gasteiger partial charge in [0.05, 0.1) is 6.04 Å². The fourth-order valence-corrected chi connectivity index (χ4v) is 2.59. The first kappa shape index (κ1) is 17.7. The molecule has 3 rings (SSSR count). The van der Waals surface area contributed by atoms with Gasteiger partial charge in [-0.25, -0.2) is 0 Å². The van der Waals surface area contributed by atoms with E-state index in [4.69, 9.17) is 14.9 Å². The molecule has 1 aliphatic rings. The first-order valence-electron chi connectivity index (χ1n) is 7.76. The predicted molar refractivity (Wildman–Crippen MR) is 90.7 cm³/mol. The second-order valence-corrected chi connectivity index (χ2v) is 5.68. The molecule has 0 unspecified atom stereocenters. The maximum Gasteiger partial charge on any atom is 0.315 e. The molecule has 1 saturated heterocycles. The summed E-state index contributed by atoms with van der Waals surface area (Å²) >= 11 is 0. The van der Waals surface area contributed by atoms with E-state index in [1.54, 1.807) is 0 Å². The minimum atomic E-state index is -0.284. The maximum absolute atomic E-state index is 6.14. The second kappa shape index (κ2) is 8.86. The third kappa shape index (κ3) is 5.20. The Labute approximate surface area is 142 Å². The van der Waals surface area contributed by atoms with Gasteiger partial charge in [0.2, 0.25) is 5.89 Å². The zero-order valence-electron chi connectivity index (χ0n) is 13.0. The highest BCUT2D eigenvalue weighted by molar-refractivity contribution is 5.85. The Morgan fingerprint density at radius 1 is 1.17 bits per heavy atom. The highest BCUT2D eigenvalue weighted by atomic mass is 35.5. The van der Waals surface area contributed by atoms with Gasteiger partial charge in [-0.1, -0.05) is 35.4 Å². The molecule has 0 bridgehead atoms. The van der Waals surface area contributed by atoms with E-state index in [1.165, 1.54) is 0 Å². The van der Waals surface area contributed by atoms with Crippen LogP contribution in [0.1, 0.15) is 30.3 Å².